The minimum atomic E-state index is -5.02. The number of aliphatic hydroxyl groups is 1. The van der Waals surface area contributed by atoms with E-state index < -0.39 is 35.2 Å². The minimum Gasteiger partial charge on any atom is -0.493 e. The number of alkyl halides is 6. The molecule has 0 aliphatic carbocycles. The van der Waals surface area contributed by atoms with E-state index in [1.807, 2.05) is 5.32 Å². The fourth-order valence-corrected chi connectivity index (χ4v) is 2.48. The van der Waals surface area contributed by atoms with Crippen molar-refractivity contribution in [3.8, 4) is 11.5 Å². The van der Waals surface area contributed by atoms with E-state index in [2.05, 4.69) is 5.32 Å². The number of carbonyl (C=O) groups is 1. The van der Waals surface area contributed by atoms with Crippen molar-refractivity contribution in [3.63, 3.8) is 0 Å². The highest BCUT2D eigenvalue weighted by Crippen LogP contribution is 2.37. The van der Waals surface area contributed by atoms with Crippen molar-refractivity contribution in [2.24, 2.45) is 0 Å². The molecule has 0 saturated carbocycles. The molecule has 0 spiro atoms. The normalized spacial score (nSPS) is 11.7. The van der Waals surface area contributed by atoms with Gasteiger partial charge in [0, 0.05) is 12.2 Å². The third kappa shape index (κ3) is 6.95. The van der Waals surface area contributed by atoms with Gasteiger partial charge >= 0.3 is 18.4 Å². The summed E-state index contributed by atoms with van der Waals surface area (Å²) in [6.07, 6.45) is -10.0. The number of anilines is 1. The summed E-state index contributed by atoms with van der Waals surface area (Å²) in [5, 5.41) is 13.1. The molecule has 0 aliphatic rings. The first-order valence-electron chi connectivity index (χ1n) is 8.69. The van der Waals surface area contributed by atoms with Crippen LogP contribution in [-0.2, 0) is 18.9 Å². The number of amides is 2. The Morgan fingerprint density at radius 2 is 1.58 bits per heavy atom. The number of nitrogens with one attached hydrogen (secondary N) is 2. The molecule has 2 rings (SSSR count). The van der Waals surface area contributed by atoms with E-state index in [1.165, 1.54) is 19.2 Å². The van der Waals surface area contributed by atoms with E-state index in [0.29, 0.717) is 29.2 Å². The van der Waals surface area contributed by atoms with Gasteiger partial charge in [-0.3, -0.25) is 0 Å². The number of methoxy groups -OCH3 is 1. The lowest BCUT2D eigenvalue weighted by Crippen LogP contribution is -2.28. The zero-order valence-corrected chi connectivity index (χ0v) is 16.0. The van der Waals surface area contributed by atoms with Crippen molar-refractivity contribution >= 4 is 11.7 Å². The van der Waals surface area contributed by atoms with Gasteiger partial charge in [-0.1, -0.05) is 6.07 Å². The highest BCUT2D eigenvalue weighted by molar-refractivity contribution is 5.89. The Labute approximate surface area is 172 Å². The van der Waals surface area contributed by atoms with E-state index >= 15 is 0 Å². The summed E-state index contributed by atoms with van der Waals surface area (Å²) in [5.74, 6) is 0.647. The zero-order chi connectivity index (χ0) is 23.2. The number of urea groups is 1. The molecule has 2 amide bonds. The maximum atomic E-state index is 12.9. The van der Waals surface area contributed by atoms with Crippen LogP contribution in [0.4, 0.5) is 36.8 Å². The van der Waals surface area contributed by atoms with Crippen LogP contribution in [0.2, 0.25) is 0 Å². The molecule has 0 aromatic heterocycles. The second kappa shape index (κ2) is 9.77. The van der Waals surface area contributed by atoms with Crippen LogP contribution in [0.25, 0.3) is 0 Å². The van der Waals surface area contributed by atoms with Crippen molar-refractivity contribution in [2.45, 2.75) is 18.9 Å². The van der Waals surface area contributed by atoms with E-state index in [-0.39, 0.29) is 25.8 Å². The lowest BCUT2D eigenvalue weighted by Gasteiger charge is -2.15. The average molecular weight is 452 g/mol. The van der Waals surface area contributed by atoms with Gasteiger partial charge < -0.3 is 25.2 Å². The molecule has 2 aromatic carbocycles. The number of ether oxygens (including phenoxy) is 2. The first kappa shape index (κ1) is 24.1. The van der Waals surface area contributed by atoms with Crippen LogP contribution in [0, 0.1) is 0 Å². The third-order valence-electron chi connectivity index (χ3n) is 3.88. The number of hydrogen-bond donors (Lipinski definition) is 3. The molecule has 0 atom stereocenters. The Balaban J connectivity index is 2.11. The highest BCUT2D eigenvalue weighted by atomic mass is 19.4. The molecule has 12 heteroatoms. The van der Waals surface area contributed by atoms with Gasteiger partial charge in [0.1, 0.15) is 6.61 Å². The number of aliphatic hydroxyl groups excluding tert-OH is 1. The molecule has 0 radical (unpaired) electrons. The summed E-state index contributed by atoms with van der Waals surface area (Å²) in [6.45, 7) is -0.279. The maximum Gasteiger partial charge on any atom is 0.416 e. The molecular weight excluding hydrogens is 434 g/mol. The molecule has 2 aromatic rings. The summed E-state index contributed by atoms with van der Waals surface area (Å²) >= 11 is 0. The first-order valence-corrected chi connectivity index (χ1v) is 8.69. The summed E-state index contributed by atoms with van der Waals surface area (Å²) in [6, 6.07) is 4.37. The standard InChI is InChI=1S/C19H18F6N2O4/c1-30-16-6-11(2-3-15(16)31-5-4-28)10-26-17(29)27-14-8-12(18(20,21)22)7-13(9-14)19(23,24)25/h2-3,6-9,28H,4-5,10H2,1H3,(H2,26,27,29). The molecule has 0 bridgehead atoms. The third-order valence-corrected chi connectivity index (χ3v) is 3.88. The predicted octanol–water partition coefficient (Wildman–Crippen LogP) is 4.43. The minimum absolute atomic E-state index is 0.0320. The van der Waals surface area contributed by atoms with E-state index in [1.54, 1.807) is 6.07 Å². The maximum absolute atomic E-state index is 12.9. The van der Waals surface area contributed by atoms with Crippen molar-refractivity contribution in [3.05, 3.63) is 53.1 Å². The Kier molecular flexibility index (Phi) is 7.60. The number of carbonyl (C=O) groups excluding carboxylic acids is 1. The molecular formula is C19H18F6N2O4. The molecule has 0 fully saturated rings. The van der Waals surface area contributed by atoms with Gasteiger partial charge in [-0.25, -0.2) is 4.79 Å². The average Bonchev–Trinajstić information content (AvgIpc) is 2.69. The van der Waals surface area contributed by atoms with Crippen molar-refractivity contribution in [2.75, 3.05) is 25.6 Å². The van der Waals surface area contributed by atoms with E-state index in [4.69, 9.17) is 14.6 Å². The van der Waals surface area contributed by atoms with Gasteiger partial charge in [0.2, 0.25) is 0 Å². The topological polar surface area (TPSA) is 79.8 Å². The van der Waals surface area contributed by atoms with Gasteiger partial charge in [0.05, 0.1) is 24.8 Å². The van der Waals surface area contributed by atoms with Crippen molar-refractivity contribution in [1.82, 2.24) is 5.32 Å². The SMILES string of the molecule is COc1cc(CNC(=O)Nc2cc(C(F)(F)F)cc(C(F)(F)F)c2)ccc1OCCO. The quantitative estimate of drug-likeness (QED) is 0.544. The van der Waals surface area contributed by atoms with Crippen molar-refractivity contribution in [1.29, 1.82) is 0 Å². The van der Waals surface area contributed by atoms with Crippen LogP contribution in [0.5, 0.6) is 11.5 Å². The monoisotopic (exact) mass is 452 g/mol. The van der Waals surface area contributed by atoms with Gasteiger partial charge in [-0.05, 0) is 35.9 Å². The molecule has 3 N–H and O–H groups in total. The summed E-state index contributed by atoms with van der Waals surface area (Å²) in [7, 11) is 1.37. The van der Waals surface area contributed by atoms with Gasteiger partial charge in [0.15, 0.2) is 11.5 Å². The lowest BCUT2D eigenvalue weighted by atomic mass is 10.1. The molecule has 0 heterocycles. The van der Waals surface area contributed by atoms with Crippen LogP contribution in [0.15, 0.2) is 36.4 Å². The summed E-state index contributed by atoms with van der Waals surface area (Å²) in [4.78, 5) is 12.0. The van der Waals surface area contributed by atoms with Gasteiger partial charge in [0.25, 0.3) is 0 Å². The number of rotatable bonds is 7. The van der Waals surface area contributed by atoms with Gasteiger partial charge in [-0.15, -0.1) is 0 Å². The summed E-state index contributed by atoms with van der Waals surface area (Å²) < 4.78 is 87.7. The van der Waals surface area contributed by atoms with Crippen LogP contribution in [0.1, 0.15) is 16.7 Å². The fraction of sp³-hybridized carbons (Fsp3) is 0.316. The van der Waals surface area contributed by atoms with Crippen LogP contribution in [-0.4, -0.2) is 31.5 Å². The molecule has 170 valence electrons. The fourth-order valence-electron chi connectivity index (χ4n) is 2.48. The Hall–Kier alpha value is -3.15. The van der Waals surface area contributed by atoms with E-state index in [0.717, 1.165) is 0 Å². The van der Waals surface area contributed by atoms with Crippen molar-refractivity contribution < 1.29 is 45.7 Å². The molecule has 6 nitrogen and oxygen atoms in total. The highest BCUT2D eigenvalue weighted by Gasteiger charge is 2.37. The number of benzene rings is 2. The molecule has 0 saturated heterocycles. The Morgan fingerprint density at radius 1 is 0.968 bits per heavy atom. The smallest absolute Gasteiger partial charge is 0.416 e. The number of hydrogen-bond acceptors (Lipinski definition) is 4. The van der Waals surface area contributed by atoms with E-state index in [9.17, 15) is 31.1 Å². The van der Waals surface area contributed by atoms with Gasteiger partial charge in [-0.2, -0.15) is 26.3 Å². The summed E-state index contributed by atoms with van der Waals surface area (Å²) in [5.41, 5.74) is -3.23. The largest absolute Gasteiger partial charge is 0.493 e. The predicted molar refractivity (Wildman–Crippen MR) is 97.9 cm³/mol. The molecule has 31 heavy (non-hydrogen) atoms. The zero-order valence-electron chi connectivity index (χ0n) is 16.0. The second-order valence-electron chi connectivity index (χ2n) is 6.16. The Morgan fingerprint density at radius 3 is 2.10 bits per heavy atom. The lowest BCUT2D eigenvalue weighted by molar-refractivity contribution is -0.143. The van der Waals surface area contributed by atoms with Crippen LogP contribution >= 0.6 is 0 Å². The van der Waals surface area contributed by atoms with Crippen LogP contribution < -0.4 is 20.1 Å². The second-order valence-corrected chi connectivity index (χ2v) is 6.16. The van der Waals surface area contributed by atoms with Crippen LogP contribution in [0.3, 0.4) is 0 Å². The molecule has 0 unspecified atom stereocenters. The Bertz CT molecular complexity index is 883. The first-order chi connectivity index (χ1) is 14.4. The molecule has 0 aliphatic heterocycles. The number of halogens is 6.